The lowest BCUT2D eigenvalue weighted by molar-refractivity contribution is 0.794. The van der Waals surface area contributed by atoms with Crippen LogP contribution in [0.3, 0.4) is 0 Å². The van der Waals surface area contributed by atoms with Gasteiger partial charge in [-0.05, 0) is 62.2 Å². The van der Waals surface area contributed by atoms with Crippen LogP contribution >= 0.6 is 0 Å². The van der Waals surface area contributed by atoms with Gasteiger partial charge in [-0.2, -0.15) is 0 Å². The number of aromatic nitrogens is 2. The topological polar surface area (TPSA) is 30.1 Å². The van der Waals surface area contributed by atoms with E-state index in [1.54, 1.807) is 0 Å². The lowest BCUT2D eigenvalue weighted by Gasteiger charge is -2.30. The van der Waals surface area contributed by atoms with Gasteiger partial charge in [0.25, 0.3) is 0 Å². The maximum absolute atomic E-state index is 7.57. The van der Waals surface area contributed by atoms with Gasteiger partial charge in [-0.25, -0.2) is 14.8 Å². The molecule has 0 fully saturated rings. The maximum atomic E-state index is 7.57. The van der Waals surface area contributed by atoms with Crippen LogP contribution in [0.2, 0.25) is 0 Å². The van der Waals surface area contributed by atoms with Crippen molar-refractivity contribution in [2.24, 2.45) is 0 Å². The average Bonchev–Trinajstić information content (AvgIpc) is 3.55. The van der Waals surface area contributed by atoms with E-state index < -0.39 is 5.41 Å². The summed E-state index contributed by atoms with van der Waals surface area (Å²) >= 11 is 0. The zero-order chi connectivity index (χ0) is 28.5. The molecule has 1 spiro atoms. The van der Waals surface area contributed by atoms with Crippen molar-refractivity contribution < 1.29 is 0 Å². The molecule has 0 radical (unpaired) electrons. The average molecular weight is 546 g/mol. The fourth-order valence-corrected chi connectivity index (χ4v) is 7.47. The van der Waals surface area contributed by atoms with Gasteiger partial charge in [0.05, 0.1) is 23.2 Å². The van der Waals surface area contributed by atoms with Crippen molar-refractivity contribution >= 4 is 16.6 Å². The third kappa shape index (κ3) is 3.13. The molecule has 43 heavy (non-hydrogen) atoms. The Morgan fingerprint density at radius 1 is 0.512 bits per heavy atom. The first-order chi connectivity index (χ1) is 21.3. The molecule has 1 aromatic heterocycles. The molecule has 2 aliphatic carbocycles. The van der Waals surface area contributed by atoms with Gasteiger partial charge in [-0.15, -0.1) is 0 Å². The van der Waals surface area contributed by atoms with E-state index in [0.29, 0.717) is 11.5 Å². The van der Waals surface area contributed by atoms with Gasteiger partial charge >= 0.3 is 0 Å². The molecule has 0 unspecified atom stereocenters. The molecule has 0 N–H and O–H groups in total. The van der Waals surface area contributed by atoms with Crippen molar-refractivity contribution in [2.45, 2.75) is 5.41 Å². The minimum absolute atomic E-state index is 0.418. The molecule has 0 bridgehead atoms. The van der Waals surface area contributed by atoms with E-state index in [9.17, 15) is 0 Å². The summed E-state index contributed by atoms with van der Waals surface area (Å²) < 4.78 is 0. The molecule has 0 aliphatic heterocycles. The zero-order valence-corrected chi connectivity index (χ0v) is 23.1. The minimum atomic E-state index is -0.418. The van der Waals surface area contributed by atoms with Gasteiger partial charge in [0.1, 0.15) is 0 Å². The van der Waals surface area contributed by atoms with E-state index in [-0.39, 0.29) is 0 Å². The zero-order valence-electron chi connectivity index (χ0n) is 23.1. The van der Waals surface area contributed by atoms with E-state index in [0.717, 1.165) is 27.7 Å². The Kier molecular flexibility index (Phi) is 4.89. The van der Waals surface area contributed by atoms with Crippen LogP contribution in [-0.2, 0) is 5.41 Å². The SMILES string of the molecule is [C-]#[N+]c1cccc(-c2nc(-c3cccc4c3-c3ccccc3C43c4ccccc4-c4ccccc43)nc3ccccc23)c1. The van der Waals surface area contributed by atoms with E-state index in [4.69, 9.17) is 16.5 Å². The van der Waals surface area contributed by atoms with Gasteiger partial charge in [0.2, 0.25) is 0 Å². The summed E-state index contributed by atoms with van der Waals surface area (Å²) in [6.45, 7) is 7.57. The summed E-state index contributed by atoms with van der Waals surface area (Å²) in [6, 6.07) is 49.0. The first-order valence-corrected chi connectivity index (χ1v) is 14.5. The van der Waals surface area contributed by atoms with Crippen molar-refractivity contribution in [1.29, 1.82) is 0 Å². The number of hydrogen-bond acceptors (Lipinski definition) is 2. The van der Waals surface area contributed by atoms with Crippen LogP contribution in [-0.4, -0.2) is 9.97 Å². The molecule has 0 saturated carbocycles. The fraction of sp³-hybridized carbons (Fsp3) is 0.0250. The highest BCUT2D eigenvalue weighted by molar-refractivity contribution is 6.00. The number of hydrogen-bond donors (Lipinski definition) is 0. The Morgan fingerprint density at radius 2 is 1.09 bits per heavy atom. The fourth-order valence-electron chi connectivity index (χ4n) is 7.47. The minimum Gasteiger partial charge on any atom is -0.238 e. The number of benzene rings is 6. The molecular weight excluding hydrogens is 522 g/mol. The monoisotopic (exact) mass is 545 g/mol. The van der Waals surface area contributed by atoms with Crippen LogP contribution in [0.1, 0.15) is 22.3 Å². The third-order valence-corrected chi connectivity index (χ3v) is 9.11. The smallest absolute Gasteiger partial charge is 0.187 e. The molecule has 9 rings (SSSR count). The Morgan fingerprint density at radius 3 is 1.84 bits per heavy atom. The second-order valence-electron chi connectivity index (χ2n) is 11.2. The summed E-state index contributed by atoms with van der Waals surface area (Å²) in [6.07, 6.45) is 0. The van der Waals surface area contributed by atoms with E-state index >= 15 is 0 Å². The normalized spacial score (nSPS) is 13.3. The summed E-state index contributed by atoms with van der Waals surface area (Å²) in [5.41, 5.74) is 14.0. The quantitative estimate of drug-likeness (QED) is 0.202. The summed E-state index contributed by atoms with van der Waals surface area (Å²) in [5.74, 6) is 0.685. The lowest BCUT2D eigenvalue weighted by Crippen LogP contribution is -2.25. The van der Waals surface area contributed by atoms with Gasteiger partial charge < -0.3 is 0 Å². The number of para-hydroxylation sites is 1. The molecule has 0 atom stereocenters. The van der Waals surface area contributed by atoms with Gasteiger partial charge in [0, 0.05) is 10.9 Å². The van der Waals surface area contributed by atoms with Crippen molar-refractivity contribution in [3.8, 4) is 44.9 Å². The van der Waals surface area contributed by atoms with Crippen molar-refractivity contribution in [3.63, 3.8) is 0 Å². The molecule has 198 valence electrons. The standard InChI is InChI=1S/C40H23N3/c1-41-26-13-10-12-25(24-26)38-30-17-5-9-23-36(30)42-39(43-38)31-18-11-22-35-37(31)29-16-4-8-21-34(29)40(35)32-19-6-2-14-27(32)28-15-3-7-20-33(28)40/h2-24H. The predicted molar refractivity (Wildman–Crippen MR) is 173 cm³/mol. The molecule has 1 heterocycles. The van der Waals surface area contributed by atoms with Crippen LogP contribution in [0.5, 0.6) is 0 Å². The summed E-state index contributed by atoms with van der Waals surface area (Å²) in [7, 11) is 0. The maximum Gasteiger partial charge on any atom is 0.187 e. The molecular formula is C40H23N3. The van der Waals surface area contributed by atoms with E-state index in [1.807, 2.05) is 42.5 Å². The van der Waals surface area contributed by atoms with Crippen molar-refractivity contribution in [2.75, 3.05) is 0 Å². The Labute approximate surface area is 249 Å². The number of nitrogens with zero attached hydrogens (tertiary/aromatic N) is 3. The van der Waals surface area contributed by atoms with Crippen LogP contribution in [0.25, 0.3) is 60.6 Å². The van der Waals surface area contributed by atoms with Gasteiger partial charge in [-0.3, -0.25) is 0 Å². The Balaban J connectivity index is 1.38. The molecule has 0 saturated heterocycles. The van der Waals surface area contributed by atoms with E-state index in [1.165, 1.54) is 44.5 Å². The molecule has 3 nitrogen and oxygen atoms in total. The first kappa shape index (κ1) is 23.8. The van der Waals surface area contributed by atoms with Crippen LogP contribution in [0, 0.1) is 6.57 Å². The first-order valence-electron chi connectivity index (χ1n) is 14.5. The predicted octanol–water partition coefficient (Wildman–Crippen LogP) is 9.86. The highest BCUT2D eigenvalue weighted by Gasteiger charge is 2.52. The van der Waals surface area contributed by atoms with Crippen molar-refractivity contribution in [1.82, 2.24) is 9.97 Å². The van der Waals surface area contributed by atoms with Crippen molar-refractivity contribution in [3.05, 3.63) is 173 Å². The third-order valence-electron chi connectivity index (χ3n) is 9.11. The largest absolute Gasteiger partial charge is 0.238 e. The van der Waals surface area contributed by atoms with Crippen LogP contribution in [0.4, 0.5) is 5.69 Å². The molecule has 6 aromatic carbocycles. The van der Waals surface area contributed by atoms with Crippen LogP contribution in [0.15, 0.2) is 140 Å². The molecule has 3 heteroatoms. The van der Waals surface area contributed by atoms with Gasteiger partial charge in [0.15, 0.2) is 11.5 Å². The highest BCUT2D eigenvalue weighted by Crippen LogP contribution is 2.63. The van der Waals surface area contributed by atoms with E-state index in [2.05, 4.69) is 102 Å². The van der Waals surface area contributed by atoms with Gasteiger partial charge in [-0.1, -0.05) is 127 Å². The van der Waals surface area contributed by atoms with Crippen LogP contribution < -0.4 is 0 Å². The number of rotatable bonds is 2. The lowest BCUT2D eigenvalue weighted by atomic mass is 9.70. The number of fused-ring (bicyclic) bond motifs is 11. The molecule has 7 aromatic rings. The Hall–Kier alpha value is -5.85. The molecule has 2 aliphatic rings. The second-order valence-corrected chi connectivity index (χ2v) is 11.2. The summed E-state index contributed by atoms with van der Waals surface area (Å²) in [5, 5.41) is 0.969. The summed E-state index contributed by atoms with van der Waals surface area (Å²) in [4.78, 5) is 14.1. The highest BCUT2D eigenvalue weighted by atomic mass is 14.9. The Bertz CT molecular complexity index is 2280. The second kappa shape index (κ2) is 8.82. The molecule has 0 amide bonds.